The maximum atomic E-state index is 12.3. The maximum absolute atomic E-state index is 12.3. The molecule has 0 saturated heterocycles. The van der Waals surface area contributed by atoms with Gasteiger partial charge >= 0.3 is 0 Å². The molecule has 28 heavy (non-hydrogen) atoms. The number of rotatable bonds is 8. The summed E-state index contributed by atoms with van der Waals surface area (Å²) in [5.41, 5.74) is 2.96. The number of sulfone groups is 1. The van der Waals surface area contributed by atoms with Crippen molar-refractivity contribution >= 4 is 15.7 Å². The Morgan fingerprint density at radius 2 is 1.79 bits per heavy atom. The van der Waals surface area contributed by atoms with Crippen LogP contribution in [-0.2, 0) is 21.1 Å². The van der Waals surface area contributed by atoms with Gasteiger partial charge in [-0.3, -0.25) is 4.79 Å². The van der Waals surface area contributed by atoms with E-state index in [9.17, 15) is 13.2 Å². The van der Waals surface area contributed by atoms with E-state index in [1.54, 1.807) is 35.1 Å². The maximum Gasteiger partial charge on any atom is 0.221 e. The number of hydrogen-bond acceptors (Lipinski definition) is 4. The number of carbonyl (C=O) groups is 1. The zero-order valence-corrected chi connectivity index (χ0v) is 16.5. The van der Waals surface area contributed by atoms with Crippen molar-refractivity contribution in [2.75, 3.05) is 12.3 Å². The van der Waals surface area contributed by atoms with Crippen LogP contribution in [0, 0.1) is 6.92 Å². The molecule has 1 heterocycles. The average Bonchev–Trinajstić information content (AvgIpc) is 3.16. The van der Waals surface area contributed by atoms with Gasteiger partial charge in [0.2, 0.25) is 5.91 Å². The van der Waals surface area contributed by atoms with E-state index in [0.717, 1.165) is 16.8 Å². The van der Waals surface area contributed by atoms with Crippen molar-refractivity contribution in [1.82, 2.24) is 15.1 Å². The molecule has 1 N–H and O–H groups in total. The fraction of sp³-hybridized carbons (Fsp3) is 0.238. The highest BCUT2D eigenvalue weighted by Crippen LogP contribution is 2.13. The minimum atomic E-state index is -3.45. The molecule has 1 amide bonds. The Kier molecular flexibility index (Phi) is 6.26. The van der Waals surface area contributed by atoms with Crippen LogP contribution >= 0.6 is 0 Å². The molecule has 0 atom stereocenters. The van der Waals surface area contributed by atoms with E-state index in [2.05, 4.69) is 10.4 Å². The van der Waals surface area contributed by atoms with Crippen molar-refractivity contribution in [3.8, 4) is 5.69 Å². The number of hydrogen-bond donors (Lipinski definition) is 1. The molecular formula is C21H23N3O3S. The fourth-order valence-corrected chi connectivity index (χ4v) is 3.98. The predicted molar refractivity (Wildman–Crippen MR) is 108 cm³/mol. The third-order valence-electron chi connectivity index (χ3n) is 4.37. The number of nitrogens with one attached hydrogen (secondary N) is 1. The molecule has 6 nitrogen and oxygen atoms in total. The molecule has 0 fully saturated rings. The lowest BCUT2D eigenvalue weighted by Gasteiger charge is -2.06. The molecule has 0 aliphatic rings. The van der Waals surface area contributed by atoms with Crippen LogP contribution in [0.1, 0.15) is 17.5 Å². The number of nitrogens with zero attached hydrogens (tertiary/aromatic N) is 2. The predicted octanol–water partition coefficient (Wildman–Crippen LogP) is 2.70. The summed E-state index contributed by atoms with van der Waals surface area (Å²) in [6.07, 6.45) is 4.26. The number of aromatic nitrogens is 2. The second-order valence-electron chi connectivity index (χ2n) is 6.61. The van der Waals surface area contributed by atoms with Gasteiger partial charge in [-0.05, 0) is 43.2 Å². The lowest BCUT2D eigenvalue weighted by molar-refractivity contribution is -0.120. The van der Waals surface area contributed by atoms with Crippen LogP contribution in [0.4, 0.5) is 0 Å². The van der Waals surface area contributed by atoms with Gasteiger partial charge in [0.15, 0.2) is 9.84 Å². The topological polar surface area (TPSA) is 81.1 Å². The molecule has 0 aliphatic carbocycles. The number of amides is 1. The summed E-state index contributed by atoms with van der Waals surface area (Å²) in [6, 6.07) is 16.4. The Hall–Kier alpha value is -2.93. The van der Waals surface area contributed by atoms with Crippen molar-refractivity contribution in [1.29, 1.82) is 0 Å². The highest BCUT2D eigenvalue weighted by Gasteiger charge is 2.16. The van der Waals surface area contributed by atoms with Crippen LogP contribution in [0.25, 0.3) is 5.69 Å². The second-order valence-corrected chi connectivity index (χ2v) is 8.72. The van der Waals surface area contributed by atoms with Gasteiger partial charge in [-0.25, -0.2) is 13.1 Å². The van der Waals surface area contributed by atoms with Gasteiger partial charge in [0.05, 0.1) is 22.5 Å². The molecule has 0 saturated carbocycles. The lowest BCUT2D eigenvalue weighted by Crippen LogP contribution is -2.27. The highest BCUT2D eigenvalue weighted by atomic mass is 32.2. The Balaban J connectivity index is 1.45. The fourth-order valence-electron chi connectivity index (χ4n) is 2.74. The minimum absolute atomic E-state index is 0.0561. The standard InChI is InChI=1S/C21H23N3O3S/c1-17-7-9-20(10-8-17)28(26,27)14-12-21(25)22-13-11-18-15-23-24(16-18)19-5-3-2-4-6-19/h2-10,15-16H,11-14H2,1H3,(H,22,25). The van der Waals surface area contributed by atoms with E-state index >= 15 is 0 Å². The van der Waals surface area contributed by atoms with E-state index in [4.69, 9.17) is 0 Å². The quantitative estimate of drug-likeness (QED) is 0.634. The van der Waals surface area contributed by atoms with Crippen molar-refractivity contribution in [3.05, 3.63) is 78.1 Å². The van der Waals surface area contributed by atoms with Gasteiger partial charge in [-0.2, -0.15) is 5.10 Å². The van der Waals surface area contributed by atoms with Gasteiger partial charge in [0.1, 0.15) is 0 Å². The van der Waals surface area contributed by atoms with Crippen molar-refractivity contribution in [2.45, 2.75) is 24.7 Å². The monoisotopic (exact) mass is 397 g/mol. The van der Waals surface area contributed by atoms with Crippen LogP contribution < -0.4 is 5.32 Å². The van der Waals surface area contributed by atoms with E-state index in [1.165, 1.54) is 0 Å². The number of aryl methyl sites for hydroxylation is 1. The molecule has 0 bridgehead atoms. The Morgan fingerprint density at radius 3 is 2.50 bits per heavy atom. The first-order valence-corrected chi connectivity index (χ1v) is 10.7. The first kappa shape index (κ1) is 19.8. The summed E-state index contributed by atoms with van der Waals surface area (Å²) < 4.78 is 26.4. The molecule has 2 aromatic carbocycles. The SMILES string of the molecule is Cc1ccc(S(=O)(=O)CCC(=O)NCCc2cnn(-c3ccccc3)c2)cc1. The normalized spacial score (nSPS) is 11.3. The molecule has 0 spiro atoms. The third-order valence-corrected chi connectivity index (χ3v) is 6.10. The molecule has 0 radical (unpaired) electrons. The molecule has 1 aromatic heterocycles. The van der Waals surface area contributed by atoms with E-state index in [1.807, 2.05) is 43.5 Å². The van der Waals surface area contributed by atoms with E-state index in [0.29, 0.717) is 13.0 Å². The first-order valence-electron chi connectivity index (χ1n) is 9.09. The third kappa shape index (κ3) is 5.29. The molecule has 3 rings (SSSR count). The summed E-state index contributed by atoms with van der Waals surface area (Å²) in [6.45, 7) is 2.33. The van der Waals surface area contributed by atoms with Gasteiger partial charge < -0.3 is 5.32 Å². The Bertz CT molecular complexity index is 1030. The summed E-state index contributed by atoms with van der Waals surface area (Å²) in [5.74, 6) is -0.473. The number of para-hydroxylation sites is 1. The Morgan fingerprint density at radius 1 is 1.07 bits per heavy atom. The molecular weight excluding hydrogens is 374 g/mol. The summed E-state index contributed by atoms with van der Waals surface area (Å²) >= 11 is 0. The van der Waals surface area contributed by atoms with Crippen molar-refractivity contribution in [3.63, 3.8) is 0 Å². The molecule has 0 unspecified atom stereocenters. The van der Waals surface area contributed by atoms with Gasteiger partial charge in [-0.15, -0.1) is 0 Å². The molecule has 146 valence electrons. The van der Waals surface area contributed by atoms with Crippen LogP contribution in [-0.4, -0.2) is 36.4 Å². The van der Waals surface area contributed by atoms with Crippen LogP contribution in [0.3, 0.4) is 0 Å². The van der Waals surface area contributed by atoms with Gasteiger partial charge in [0.25, 0.3) is 0 Å². The summed E-state index contributed by atoms with van der Waals surface area (Å²) in [7, 11) is -3.45. The number of benzene rings is 2. The molecule has 0 aliphatic heterocycles. The van der Waals surface area contributed by atoms with Crippen LogP contribution in [0.5, 0.6) is 0 Å². The average molecular weight is 398 g/mol. The van der Waals surface area contributed by atoms with Gasteiger partial charge in [0, 0.05) is 19.2 Å². The highest BCUT2D eigenvalue weighted by molar-refractivity contribution is 7.91. The number of carbonyl (C=O) groups excluding carboxylic acids is 1. The Labute approximate surface area is 165 Å². The summed E-state index contributed by atoms with van der Waals surface area (Å²) in [4.78, 5) is 12.2. The van der Waals surface area contributed by atoms with Crippen LogP contribution in [0.2, 0.25) is 0 Å². The molecule has 7 heteroatoms. The largest absolute Gasteiger partial charge is 0.356 e. The van der Waals surface area contributed by atoms with Crippen molar-refractivity contribution in [2.24, 2.45) is 0 Å². The first-order chi connectivity index (χ1) is 13.4. The summed E-state index contributed by atoms with van der Waals surface area (Å²) in [5, 5.41) is 7.09. The lowest BCUT2D eigenvalue weighted by atomic mass is 10.2. The van der Waals surface area contributed by atoms with E-state index < -0.39 is 9.84 Å². The van der Waals surface area contributed by atoms with Crippen molar-refractivity contribution < 1.29 is 13.2 Å². The minimum Gasteiger partial charge on any atom is -0.356 e. The zero-order valence-electron chi connectivity index (χ0n) is 15.7. The zero-order chi connectivity index (χ0) is 20.0. The second kappa shape index (κ2) is 8.84. The van der Waals surface area contributed by atoms with Gasteiger partial charge in [-0.1, -0.05) is 35.9 Å². The van der Waals surface area contributed by atoms with E-state index in [-0.39, 0.29) is 23.0 Å². The smallest absolute Gasteiger partial charge is 0.221 e. The molecule has 3 aromatic rings. The van der Waals surface area contributed by atoms with Crippen LogP contribution in [0.15, 0.2) is 71.9 Å².